The second-order valence-electron chi connectivity index (χ2n) is 6.43. The molecule has 0 bridgehead atoms. The summed E-state index contributed by atoms with van der Waals surface area (Å²) in [5, 5.41) is 1.98. The summed E-state index contributed by atoms with van der Waals surface area (Å²) in [7, 11) is 0. The average Bonchev–Trinajstić information content (AvgIpc) is 3.33. The first-order valence-corrected chi connectivity index (χ1v) is 9.50. The average molecular weight is 393 g/mol. The number of thiophene rings is 1. The third-order valence-electron chi connectivity index (χ3n) is 4.58. The molecular weight excluding hydrogens is 375 g/mol. The number of aromatic nitrogens is 1. The fraction of sp³-hybridized carbons (Fsp3) is 0.316. The van der Waals surface area contributed by atoms with Gasteiger partial charge in [-0.1, -0.05) is 12.1 Å². The second kappa shape index (κ2) is 7.36. The molecule has 0 radical (unpaired) electrons. The highest BCUT2D eigenvalue weighted by molar-refractivity contribution is 7.13. The maximum atomic E-state index is 12.9. The monoisotopic (exact) mass is 393 g/mol. The molecule has 1 aromatic carbocycles. The fourth-order valence-electron chi connectivity index (χ4n) is 3.17. The molecule has 4 nitrogen and oxygen atoms in total. The van der Waals surface area contributed by atoms with Crippen molar-refractivity contribution in [2.45, 2.75) is 12.7 Å². The van der Waals surface area contributed by atoms with Gasteiger partial charge in [-0.15, -0.1) is 11.3 Å². The van der Waals surface area contributed by atoms with Gasteiger partial charge in [0.1, 0.15) is 6.26 Å². The number of piperazine rings is 1. The van der Waals surface area contributed by atoms with E-state index in [1.165, 1.54) is 12.1 Å². The minimum absolute atomic E-state index is 0.605. The molecule has 0 saturated carbocycles. The normalized spacial score (nSPS) is 16.0. The summed E-state index contributed by atoms with van der Waals surface area (Å²) >= 11 is 1.58. The summed E-state index contributed by atoms with van der Waals surface area (Å²) in [6.07, 6.45) is -2.64. The van der Waals surface area contributed by atoms with Crippen LogP contribution in [0.1, 0.15) is 11.3 Å². The molecule has 27 heavy (non-hydrogen) atoms. The van der Waals surface area contributed by atoms with Gasteiger partial charge in [0.05, 0.1) is 16.1 Å². The zero-order valence-corrected chi connectivity index (χ0v) is 15.3. The number of hydrogen-bond acceptors (Lipinski definition) is 5. The minimum Gasteiger partial charge on any atom is -0.444 e. The van der Waals surface area contributed by atoms with Crippen molar-refractivity contribution in [3.63, 3.8) is 0 Å². The van der Waals surface area contributed by atoms with Crippen LogP contribution >= 0.6 is 11.3 Å². The van der Waals surface area contributed by atoms with Crippen LogP contribution in [0.25, 0.3) is 10.8 Å². The van der Waals surface area contributed by atoms with Crippen molar-refractivity contribution in [3.05, 3.63) is 59.3 Å². The Morgan fingerprint density at radius 1 is 1.07 bits per heavy atom. The van der Waals surface area contributed by atoms with Gasteiger partial charge in [0.2, 0.25) is 5.89 Å². The van der Waals surface area contributed by atoms with E-state index >= 15 is 0 Å². The maximum absolute atomic E-state index is 12.9. The van der Waals surface area contributed by atoms with Gasteiger partial charge >= 0.3 is 6.18 Å². The summed E-state index contributed by atoms with van der Waals surface area (Å²) < 4.78 is 44.2. The molecule has 0 atom stereocenters. The Kier molecular flexibility index (Phi) is 4.92. The first kappa shape index (κ1) is 18.1. The molecule has 0 aliphatic carbocycles. The van der Waals surface area contributed by atoms with Crippen LogP contribution < -0.4 is 4.90 Å². The molecule has 3 aromatic rings. The number of nitrogens with zero attached hydrogens (tertiary/aromatic N) is 3. The van der Waals surface area contributed by atoms with E-state index in [4.69, 9.17) is 4.42 Å². The molecule has 1 fully saturated rings. The topological polar surface area (TPSA) is 32.5 Å². The molecule has 3 heterocycles. The zero-order chi connectivity index (χ0) is 18.9. The van der Waals surface area contributed by atoms with Crippen LogP contribution in [0.5, 0.6) is 0 Å². The summed E-state index contributed by atoms with van der Waals surface area (Å²) in [5.41, 5.74) is 0.878. The highest BCUT2D eigenvalue weighted by Gasteiger charge is 2.31. The molecule has 0 unspecified atom stereocenters. The van der Waals surface area contributed by atoms with Crippen LogP contribution in [0.3, 0.4) is 0 Å². The first-order chi connectivity index (χ1) is 13.0. The first-order valence-electron chi connectivity index (χ1n) is 8.62. The summed E-state index contributed by atoms with van der Waals surface area (Å²) in [6.45, 7) is 3.55. The lowest BCUT2D eigenvalue weighted by atomic mass is 10.1. The number of alkyl halides is 3. The molecular formula is C19H18F3N3OS. The Hall–Kier alpha value is -2.32. The SMILES string of the molecule is FC(F)(F)c1cccc(N2CCN(Cc3coc(-c4cccs4)n3)CC2)c1. The van der Waals surface area contributed by atoms with Crippen LogP contribution in [0.15, 0.2) is 52.5 Å². The number of halogens is 3. The highest BCUT2D eigenvalue weighted by Crippen LogP contribution is 2.32. The summed E-state index contributed by atoms with van der Waals surface area (Å²) in [6, 6.07) is 9.45. The van der Waals surface area contributed by atoms with Crippen molar-refractivity contribution in [2.24, 2.45) is 0 Å². The van der Waals surface area contributed by atoms with Gasteiger partial charge in [-0.2, -0.15) is 13.2 Å². The molecule has 2 aromatic heterocycles. The summed E-state index contributed by atoms with van der Waals surface area (Å²) in [4.78, 5) is 9.75. The number of rotatable bonds is 4. The lowest BCUT2D eigenvalue weighted by molar-refractivity contribution is -0.137. The predicted molar refractivity (Wildman–Crippen MR) is 98.8 cm³/mol. The third-order valence-corrected chi connectivity index (χ3v) is 5.44. The van der Waals surface area contributed by atoms with Crippen molar-refractivity contribution >= 4 is 17.0 Å². The van der Waals surface area contributed by atoms with Gasteiger partial charge < -0.3 is 9.32 Å². The van der Waals surface area contributed by atoms with E-state index in [2.05, 4.69) is 9.88 Å². The van der Waals surface area contributed by atoms with E-state index in [-0.39, 0.29) is 0 Å². The molecule has 0 N–H and O–H groups in total. The van der Waals surface area contributed by atoms with Gasteiger partial charge in [0.15, 0.2) is 0 Å². The van der Waals surface area contributed by atoms with Crippen LogP contribution in [0, 0.1) is 0 Å². The van der Waals surface area contributed by atoms with E-state index < -0.39 is 11.7 Å². The van der Waals surface area contributed by atoms with Crippen LogP contribution in [0.4, 0.5) is 18.9 Å². The second-order valence-corrected chi connectivity index (χ2v) is 7.38. The smallest absolute Gasteiger partial charge is 0.416 e. The van der Waals surface area contributed by atoms with Gasteiger partial charge in [-0.3, -0.25) is 4.90 Å². The van der Waals surface area contributed by atoms with E-state index in [0.717, 1.165) is 29.7 Å². The molecule has 4 rings (SSSR count). The van der Waals surface area contributed by atoms with Crippen LogP contribution in [0.2, 0.25) is 0 Å². The van der Waals surface area contributed by atoms with E-state index in [9.17, 15) is 13.2 Å². The Labute approximate surface area is 158 Å². The quantitative estimate of drug-likeness (QED) is 0.641. The molecule has 142 valence electrons. The van der Waals surface area contributed by atoms with Crippen molar-refractivity contribution < 1.29 is 17.6 Å². The molecule has 8 heteroatoms. The van der Waals surface area contributed by atoms with E-state index in [1.54, 1.807) is 23.7 Å². The Bertz CT molecular complexity index is 884. The maximum Gasteiger partial charge on any atom is 0.416 e. The number of hydrogen-bond donors (Lipinski definition) is 0. The van der Waals surface area contributed by atoms with Gasteiger partial charge in [-0.05, 0) is 29.6 Å². The van der Waals surface area contributed by atoms with E-state index in [0.29, 0.717) is 31.2 Å². The Morgan fingerprint density at radius 2 is 1.89 bits per heavy atom. The molecule has 0 amide bonds. The van der Waals surface area contributed by atoms with Gasteiger partial charge in [0.25, 0.3) is 0 Å². The van der Waals surface area contributed by atoms with Crippen molar-refractivity contribution in [1.29, 1.82) is 0 Å². The standard InChI is InChI=1S/C19H18F3N3OS/c20-19(21,22)14-3-1-4-16(11-14)25-8-6-24(7-9-25)12-15-13-26-18(23-15)17-5-2-10-27-17/h1-5,10-11,13H,6-9,12H2. The van der Waals surface area contributed by atoms with Crippen molar-refractivity contribution in [3.8, 4) is 10.8 Å². The number of anilines is 1. The van der Waals surface area contributed by atoms with Crippen LogP contribution in [-0.4, -0.2) is 36.1 Å². The fourth-order valence-corrected chi connectivity index (χ4v) is 3.82. The Morgan fingerprint density at radius 3 is 2.59 bits per heavy atom. The lowest BCUT2D eigenvalue weighted by Gasteiger charge is -2.36. The van der Waals surface area contributed by atoms with Gasteiger partial charge in [0, 0.05) is 38.4 Å². The lowest BCUT2D eigenvalue weighted by Crippen LogP contribution is -2.46. The molecule has 1 aliphatic heterocycles. The largest absolute Gasteiger partial charge is 0.444 e. The predicted octanol–water partition coefficient (Wildman–Crippen LogP) is 4.74. The van der Waals surface area contributed by atoms with Crippen molar-refractivity contribution in [1.82, 2.24) is 9.88 Å². The van der Waals surface area contributed by atoms with Crippen LogP contribution in [-0.2, 0) is 12.7 Å². The number of oxazole rings is 1. The van der Waals surface area contributed by atoms with E-state index in [1.807, 2.05) is 22.4 Å². The van der Waals surface area contributed by atoms with Gasteiger partial charge in [-0.25, -0.2) is 4.98 Å². The minimum atomic E-state index is -4.31. The molecule has 0 spiro atoms. The van der Waals surface area contributed by atoms with Crippen molar-refractivity contribution in [2.75, 3.05) is 31.1 Å². The molecule has 1 aliphatic rings. The molecule has 1 saturated heterocycles. The Balaban J connectivity index is 1.36. The highest BCUT2D eigenvalue weighted by atomic mass is 32.1. The summed E-state index contributed by atoms with van der Waals surface area (Å²) in [5.74, 6) is 0.627. The third kappa shape index (κ3) is 4.17. The zero-order valence-electron chi connectivity index (χ0n) is 14.4. The number of benzene rings is 1.